The van der Waals surface area contributed by atoms with Crippen molar-refractivity contribution in [2.75, 3.05) is 20.2 Å². The molecule has 0 aromatic heterocycles. The van der Waals surface area contributed by atoms with Crippen LogP contribution in [0.1, 0.15) is 6.42 Å². The van der Waals surface area contributed by atoms with Crippen LogP contribution in [0.4, 0.5) is 13.2 Å². The fourth-order valence-electron chi connectivity index (χ4n) is 0.555. The van der Waals surface area contributed by atoms with Gasteiger partial charge in [0.15, 0.2) is 5.83 Å². The van der Waals surface area contributed by atoms with E-state index in [2.05, 4.69) is 10.1 Å². The first-order chi connectivity index (χ1) is 6.07. The van der Waals surface area contributed by atoms with Crippen LogP contribution < -0.4 is 5.32 Å². The Kier molecular flexibility index (Phi) is 5.96. The minimum atomic E-state index is -2.32. The fraction of sp³-hybridized carbons (Fsp3) is 0.571. The molecule has 0 unspecified atom stereocenters. The third kappa shape index (κ3) is 6.15. The summed E-state index contributed by atoms with van der Waals surface area (Å²) >= 11 is 0. The molecule has 0 spiro atoms. The van der Waals surface area contributed by atoms with Crippen LogP contribution in [0.25, 0.3) is 0 Å². The van der Waals surface area contributed by atoms with Gasteiger partial charge in [-0.15, -0.1) is 0 Å². The molecule has 1 N–H and O–H groups in total. The quantitative estimate of drug-likeness (QED) is 0.532. The molecular weight excluding hydrogens is 187 g/mol. The van der Waals surface area contributed by atoms with Gasteiger partial charge in [-0.2, -0.15) is 8.78 Å². The van der Waals surface area contributed by atoms with E-state index in [1.54, 1.807) is 0 Å². The Morgan fingerprint density at radius 1 is 1.38 bits per heavy atom. The van der Waals surface area contributed by atoms with Gasteiger partial charge in [0.05, 0.1) is 13.7 Å². The number of esters is 1. The molecule has 0 saturated heterocycles. The van der Waals surface area contributed by atoms with E-state index in [0.717, 1.165) is 0 Å². The van der Waals surface area contributed by atoms with E-state index in [1.165, 1.54) is 7.11 Å². The Hall–Kier alpha value is -1.04. The van der Waals surface area contributed by atoms with Crippen LogP contribution in [0.5, 0.6) is 0 Å². The van der Waals surface area contributed by atoms with Crippen molar-refractivity contribution in [1.29, 1.82) is 0 Å². The van der Waals surface area contributed by atoms with Crippen molar-refractivity contribution < 1.29 is 22.7 Å². The van der Waals surface area contributed by atoms with Crippen molar-refractivity contribution in [2.45, 2.75) is 6.42 Å². The average Bonchev–Trinajstić information content (AvgIpc) is 2.11. The molecule has 0 aliphatic heterocycles. The van der Waals surface area contributed by atoms with Gasteiger partial charge in [-0.25, -0.2) is 4.39 Å². The van der Waals surface area contributed by atoms with Crippen molar-refractivity contribution in [3.63, 3.8) is 0 Å². The zero-order valence-electron chi connectivity index (χ0n) is 7.07. The van der Waals surface area contributed by atoms with Gasteiger partial charge in [0, 0.05) is 13.0 Å². The van der Waals surface area contributed by atoms with E-state index in [9.17, 15) is 18.0 Å². The molecule has 0 aromatic carbocycles. The molecule has 0 bridgehead atoms. The molecule has 0 radical (unpaired) electrons. The van der Waals surface area contributed by atoms with Gasteiger partial charge in [0.25, 0.3) is 0 Å². The van der Waals surface area contributed by atoms with Crippen LogP contribution in [0.15, 0.2) is 11.9 Å². The van der Waals surface area contributed by atoms with Gasteiger partial charge < -0.3 is 10.1 Å². The summed E-state index contributed by atoms with van der Waals surface area (Å²) in [6.07, 6.45) is -2.75. The summed E-state index contributed by atoms with van der Waals surface area (Å²) in [5, 5.41) is 2.44. The molecule has 0 aromatic rings. The Balaban J connectivity index is 3.47. The predicted octanol–water partition coefficient (Wildman–Crippen LogP) is 1.22. The standard InChI is InChI=1S/C7H10F3NO2/c1-13-6(12)4-11-3-2-5(8)7(9)10/h11H,2-4H2,1H3. The van der Waals surface area contributed by atoms with Crippen LogP contribution in [0, 0.1) is 0 Å². The van der Waals surface area contributed by atoms with Gasteiger partial charge in [-0.3, -0.25) is 4.79 Å². The van der Waals surface area contributed by atoms with E-state index in [-0.39, 0.29) is 13.1 Å². The second kappa shape index (κ2) is 6.47. The molecule has 76 valence electrons. The predicted molar refractivity (Wildman–Crippen MR) is 39.9 cm³/mol. The SMILES string of the molecule is COC(=O)CNCCC(F)=C(F)F. The van der Waals surface area contributed by atoms with Crippen LogP contribution in [-0.4, -0.2) is 26.2 Å². The maximum atomic E-state index is 12.1. The first-order valence-electron chi connectivity index (χ1n) is 3.55. The summed E-state index contributed by atoms with van der Waals surface area (Å²) in [6.45, 7) is -0.143. The van der Waals surface area contributed by atoms with Gasteiger partial charge in [-0.1, -0.05) is 0 Å². The molecule has 0 atom stereocenters. The lowest BCUT2D eigenvalue weighted by atomic mass is 10.4. The van der Waals surface area contributed by atoms with E-state index in [0.29, 0.717) is 0 Å². The molecule has 0 rings (SSSR count). The van der Waals surface area contributed by atoms with E-state index >= 15 is 0 Å². The summed E-state index contributed by atoms with van der Waals surface area (Å²) in [6, 6.07) is 0. The number of rotatable bonds is 5. The number of carbonyl (C=O) groups excluding carboxylic acids is 1. The summed E-state index contributed by atoms with van der Waals surface area (Å²) in [5.74, 6) is -1.98. The molecule has 0 amide bonds. The largest absolute Gasteiger partial charge is 0.468 e. The lowest BCUT2D eigenvalue weighted by molar-refractivity contribution is -0.139. The number of hydrogen-bond acceptors (Lipinski definition) is 3. The van der Waals surface area contributed by atoms with Gasteiger partial charge in [0.1, 0.15) is 0 Å². The zero-order valence-corrected chi connectivity index (χ0v) is 7.07. The Morgan fingerprint density at radius 3 is 2.46 bits per heavy atom. The minimum absolute atomic E-state index is 0.0295. The average molecular weight is 197 g/mol. The zero-order chi connectivity index (χ0) is 10.3. The highest BCUT2D eigenvalue weighted by Gasteiger charge is 2.04. The molecule has 0 fully saturated rings. The third-order valence-corrected chi connectivity index (χ3v) is 1.22. The molecule has 3 nitrogen and oxygen atoms in total. The number of ether oxygens (including phenoxy) is 1. The molecule has 0 aliphatic carbocycles. The van der Waals surface area contributed by atoms with Crippen molar-refractivity contribution in [3.05, 3.63) is 11.9 Å². The molecule has 0 heterocycles. The second-order valence-corrected chi connectivity index (χ2v) is 2.17. The highest BCUT2D eigenvalue weighted by Crippen LogP contribution is 2.11. The van der Waals surface area contributed by atoms with Crippen LogP contribution in [0.3, 0.4) is 0 Å². The summed E-state index contributed by atoms with van der Waals surface area (Å²) in [5.41, 5.74) is 0. The summed E-state index contributed by atoms with van der Waals surface area (Å²) in [7, 11) is 1.20. The maximum Gasteiger partial charge on any atom is 0.319 e. The normalized spacial score (nSPS) is 9.54. The lowest BCUT2D eigenvalue weighted by Crippen LogP contribution is -2.24. The van der Waals surface area contributed by atoms with Crippen molar-refractivity contribution >= 4 is 5.97 Å². The molecule has 13 heavy (non-hydrogen) atoms. The molecule has 6 heteroatoms. The topological polar surface area (TPSA) is 38.3 Å². The Bertz CT molecular complexity index is 202. The number of carbonyl (C=O) groups is 1. The smallest absolute Gasteiger partial charge is 0.319 e. The highest BCUT2D eigenvalue weighted by molar-refractivity contribution is 5.71. The fourth-order valence-corrected chi connectivity index (χ4v) is 0.555. The van der Waals surface area contributed by atoms with Gasteiger partial charge in [-0.05, 0) is 0 Å². The lowest BCUT2D eigenvalue weighted by Gasteiger charge is -2.00. The molecule has 0 aliphatic rings. The van der Waals surface area contributed by atoms with Gasteiger partial charge >= 0.3 is 12.0 Å². The minimum Gasteiger partial charge on any atom is -0.468 e. The third-order valence-electron chi connectivity index (χ3n) is 1.22. The number of nitrogens with one attached hydrogen (secondary N) is 1. The van der Waals surface area contributed by atoms with Crippen LogP contribution >= 0.6 is 0 Å². The van der Waals surface area contributed by atoms with Crippen molar-refractivity contribution in [2.24, 2.45) is 0 Å². The van der Waals surface area contributed by atoms with E-state index in [4.69, 9.17) is 0 Å². The first kappa shape index (κ1) is 12.0. The molecule has 0 saturated carbocycles. The maximum absolute atomic E-state index is 12.1. The number of methoxy groups -OCH3 is 1. The summed E-state index contributed by atoms with van der Waals surface area (Å²) < 4.78 is 39.3. The van der Waals surface area contributed by atoms with Crippen LogP contribution in [0.2, 0.25) is 0 Å². The van der Waals surface area contributed by atoms with E-state index in [1.807, 2.05) is 0 Å². The number of hydrogen-bond donors (Lipinski definition) is 1. The monoisotopic (exact) mass is 197 g/mol. The van der Waals surface area contributed by atoms with Crippen LogP contribution in [-0.2, 0) is 9.53 Å². The van der Waals surface area contributed by atoms with Gasteiger partial charge in [0.2, 0.25) is 0 Å². The Labute approximate surface area is 73.6 Å². The first-order valence-corrected chi connectivity index (χ1v) is 3.55. The molecular formula is C7H10F3NO2. The van der Waals surface area contributed by atoms with E-state index < -0.39 is 24.3 Å². The highest BCUT2D eigenvalue weighted by atomic mass is 19.3. The van der Waals surface area contributed by atoms with Crippen molar-refractivity contribution in [1.82, 2.24) is 5.32 Å². The second-order valence-electron chi connectivity index (χ2n) is 2.17. The number of halogens is 3. The van der Waals surface area contributed by atoms with Crippen molar-refractivity contribution in [3.8, 4) is 0 Å². The Morgan fingerprint density at radius 2 is 2.00 bits per heavy atom. The summed E-state index contributed by atoms with van der Waals surface area (Å²) in [4.78, 5) is 10.5.